The minimum atomic E-state index is -0.136. The zero-order chi connectivity index (χ0) is 19.2. The Morgan fingerprint density at radius 1 is 1.07 bits per heavy atom. The summed E-state index contributed by atoms with van der Waals surface area (Å²) in [6.07, 6.45) is 4.19. The van der Waals surface area contributed by atoms with Gasteiger partial charge in [0, 0.05) is 34.0 Å². The number of methoxy groups -OCH3 is 1. The van der Waals surface area contributed by atoms with E-state index >= 15 is 0 Å². The van der Waals surface area contributed by atoms with Gasteiger partial charge in [0.05, 0.1) is 7.11 Å². The van der Waals surface area contributed by atoms with E-state index in [0.717, 1.165) is 16.7 Å². The van der Waals surface area contributed by atoms with Crippen molar-refractivity contribution >= 4 is 23.2 Å². The lowest BCUT2D eigenvalue weighted by Crippen LogP contribution is -2.13. The Hall–Kier alpha value is -2.27. The fraction of sp³-hybridized carbons (Fsp3) is 0.190. The highest BCUT2D eigenvalue weighted by atomic mass is 35.5. The van der Waals surface area contributed by atoms with Crippen molar-refractivity contribution in [3.63, 3.8) is 0 Å². The lowest BCUT2D eigenvalue weighted by atomic mass is 10.0. The number of halogens is 2. The second-order valence-corrected chi connectivity index (χ2v) is 6.95. The zero-order valence-electron chi connectivity index (χ0n) is 14.9. The molecular weight excluding hydrogens is 383 g/mol. The molecule has 0 saturated carbocycles. The maximum Gasteiger partial charge on any atom is 0.161 e. The van der Waals surface area contributed by atoms with Crippen molar-refractivity contribution in [2.75, 3.05) is 7.11 Å². The summed E-state index contributed by atoms with van der Waals surface area (Å²) in [6.45, 7) is 0.320. The van der Waals surface area contributed by atoms with Gasteiger partial charge in [-0.25, -0.2) is 0 Å². The molecule has 0 amide bonds. The molecule has 0 radical (unpaired) electrons. The van der Waals surface area contributed by atoms with Gasteiger partial charge in [0.1, 0.15) is 6.61 Å². The molecule has 1 unspecified atom stereocenters. The second kappa shape index (κ2) is 9.09. The van der Waals surface area contributed by atoms with Crippen LogP contribution in [0.25, 0.3) is 0 Å². The van der Waals surface area contributed by atoms with Crippen molar-refractivity contribution in [2.24, 2.45) is 5.73 Å². The molecule has 3 rings (SSSR count). The Balaban J connectivity index is 1.70. The normalized spacial score (nSPS) is 11.9. The highest BCUT2D eigenvalue weighted by molar-refractivity contribution is 6.35. The maximum absolute atomic E-state index is 6.28. The number of hydrogen-bond donors (Lipinski definition) is 1. The van der Waals surface area contributed by atoms with Crippen LogP contribution in [0.3, 0.4) is 0 Å². The van der Waals surface area contributed by atoms with Gasteiger partial charge >= 0.3 is 0 Å². The first-order chi connectivity index (χ1) is 13.1. The number of rotatable bonds is 7. The fourth-order valence-electron chi connectivity index (χ4n) is 2.72. The third kappa shape index (κ3) is 5.13. The number of hydrogen-bond acceptors (Lipinski definition) is 4. The minimum Gasteiger partial charge on any atom is -0.493 e. The van der Waals surface area contributed by atoms with Crippen LogP contribution in [0.2, 0.25) is 10.0 Å². The Morgan fingerprint density at radius 3 is 2.63 bits per heavy atom. The van der Waals surface area contributed by atoms with Crippen LogP contribution >= 0.6 is 23.2 Å². The van der Waals surface area contributed by atoms with E-state index in [4.69, 9.17) is 38.4 Å². The SMILES string of the molecule is COc1cc(CC(N)c2cccnc2)ccc1OCc1ccc(Cl)cc1Cl. The van der Waals surface area contributed by atoms with Crippen LogP contribution in [0.1, 0.15) is 22.7 Å². The molecule has 6 heteroatoms. The molecule has 0 aliphatic heterocycles. The van der Waals surface area contributed by atoms with Gasteiger partial charge in [0.2, 0.25) is 0 Å². The molecule has 0 saturated heterocycles. The van der Waals surface area contributed by atoms with E-state index in [1.165, 1.54) is 0 Å². The number of nitrogens with two attached hydrogens (primary N) is 1. The van der Waals surface area contributed by atoms with E-state index in [-0.39, 0.29) is 6.04 Å². The number of pyridine rings is 1. The number of ether oxygens (including phenoxy) is 2. The molecule has 1 heterocycles. The van der Waals surface area contributed by atoms with Crippen molar-refractivity contribution in [2.45, 2.75) is 19.1 Å². The third-order valence-corrected chi connectivity index (χ3v) is 4.78. The second-order valence-electron chi connectivity index (χ2n) is 6.11. The zero-order valence-corrected chi connectivity index (χ0v) is 16.4. The predicted molar refractivity (Wildman–Crippen MR) is 109 cm³/mol. The first-order valence-corrected chi connectivity index (χ1v) is 9.21. The van der Waals surface area contributed by atoms with Gasteiger partial charge in [0.25, 0.3) is 0 Å². The molecule has 140 valence electrons. The summed E-state index contributed by atoms with van der Waals surface area (Å²) >= 11 is 12.1. The molecule has 1 aromatic heterocycles. The quantitative estimate of drug-likeness (QED) is 0.588. The summed E-state index contributed by atoms with van der Waals surface area (Å²) in [7, 11) is 1.61. The van der Waals surface area contributed by atoms with E-state index in [0.29, 0.717) is 34.6 Å². The Kier molecular flexibility index (Phi) is 6.56. The molecule has 0 aliphatic carbocycles. The summed E-state index contributed by atoms with van der Waals surface area (Å²) in [6, 6.07) is 14.9. The maximum atomic E-state index is 6.28. The van der Waals surface area contributed by atoms with Gasteiger partial charge in [-0.05, 0) is 47.9 Å². The highest BCUT2D eigenvalue weighted by Crippen LogP contribution is 2.31. The first kappa shape index (κ1) is 19.5. The largest absolute Gasteiger partial charge is 0.493 e. The van der Waals surface area contributed by atoms with Crippen LogP contribution in [-0.4, -0.2) is 12.1 Å². The van der Waals surface area contributed by atoms with E-state index in [1.807, 2.05) is 36.4 Å². The molecule has 0 spiro atoms. The number of benzene rings is 2. The summed E-state index contributed by atoms with van der Waals surface area (Å²) in [5.74, 6) is 1.29. The van der Waals surface area contributed by atoms with Crippen molar-refractivity contribution in [1.82, 2.24) is 4.98 Å². The smallest absolute Gasteiger partial charge is 0.161 e. The molecule has 4 nitrogen and oxygen atoms in total. The molecule has 0 fully saturated rings. The molecule has 0 bridgehead atoms. The molecule has 2 aromatic carbocycles. The van der Waals surface area contributed by atoms with E-state index in [2.05, 4.69) is 4.98 Å². The number of nitrogens with zero attached hydrogens (tertiary/aromatic N) is 1. The minimum absolute atomic E-state index is 0.136. The molecule has 0 aliphatic rings. The van der Waals surface area contributed by atoms with Gasteiger partial charge in [-0.15, -0.1) is 0 Å². The summed E-state index contributed by atoms with van der Waals surface area (Å²) < 4.78 is 11.4. The standard InChI is InChI=1S/C21H20Cl2N2O2/c1-26-21-10-14(9-19(24)15-3-2-8-25-12-15)4-7-20(21)27-13-16-5-6-17(22)11-18(16)23/h2-8,10-12,19H,9,13,24H2,1H3. The Morgan fingerprint density at radius 2 is 1.93 bits per heavy atom. The van der Waals surface area contributed by atoms with Crippen molar-refractivity contribution in [1.29, 1.82) is 0 Å². The molecule has 3 aromatic rings. The average Bonchev–Trinajstić information content (AvgIpc) is 2.68. The van der Waals surface area contributed by atoms with Gasteiger partial charge in [-0.1, -0.05) is 41.4 Å². The lowest BCUT2D eigenvalue weighted by Gasteiger charge is -2.15. The van der Waals surface area contributed by atoms with Crippen molar-refractivity contribution in [3.05, 3.63) is 87.7 Å². The average molecular weight is 403 g/mol. The first-order valence-electron chi connectivity index (χ1n) is 8.46. The fourth-order valence-corrected chi connectivity index (χ4v) is 3.18. The van der Waals surface area contributed by atoms with Crippen LogP contribution in [0.4, 0.5) is 0 Å². The van der Waals surface area contributed by atoms with E-state index < -0.39 is 0 Å². The monoisotopic (exact) mass is 402 g/mol. The van der Waals surface area contributed by atoms with Crippen LogP contribution in [0.15, 0.2) is 60.9 Å². The van der Waals surface area contributed by atoms with Crippen LogP contribution in [0, 0.1) is 0 Å². The number of aromatic nitrogens is 1. The van der Waals surface area contributed by atoms with E-state index in [1.54, 1.807) is 31.6 Å². The Bertz CT molecular complexity index is 904. The van der Waals surface area contributed by atoms with Crippen molar-refractivity contribution in [3.8, 4) is 11.5 Å². The topological polar surface area (TPSA) is 57.4 Å². The summed E-state index contributed by atoms with van der Waals surface area (Å²) in [5.41, 5.74) is 9.19. The van der Waals surface area contributed by atoms with Gasteiger partial charge in [-0.2, -0.15) is 0 Å². The summed E-state index contributed by atoms with van der Waals surface area (Å²) in [4.78, 5) is 4.12. The van der Waals surface area contributed by atoms with Crippen molar-refractivity contribution < 1.29 is 9.47 Å². The predicted octanol–water partition coefficient (Wildman–Crippen LogP) is 5.22. The van der Waals surface area contributed by atoms with Crippen LogP contribution in [0.5, 0.6) is 11.5 Å². The Labute approximate surface area is 168 Å². The molecular formula is C21H20Cl2N2O2. The van der Waals surface area contributed by atoms with Crippen LogP contribution < -0.4 is 15.2 Å². The summed E-state index contributed by atoms with van der Waals surface area (Å²) in [5, 5.41) is 1.16. The molecule has 1 atom stereocenters. The lowest BCUT2D eigenvalue weighted by molar-refractivity contribution is 0.284. The van der Waals surface area contributed by atoms with Gasteiger partial charge < -0.3 is 15.2 Å². The van der Waals surface area contributed by atoms with Crippen LogP contribution in [-0.2, 0) is 13.0 Å². The molecule has 2 N–H and O–H groups in total. The van der Waals surface area contributed by atoms with Gasteiger partial charge in [-0.3, -0.25) is 4.98 Å². The van der Waals surface area contributed by atoms with E-state index in [9.17, 15) is 0 Å². The highest BCUT2D eigenvalue weighted by Gasteiger charge is 2.11. The third-order valence-electron chi connectivity index (χ3n) is 4.19. The van der Waals surface area contributed by atoms with Gasteiger partial charge in [0.15, 0.2) is 11.5 Å². The molecule has 27 heavy (non-hydrogen) atoms.